The molecule has 0 aliphatic carbocycles. The standard InChI is InChI=1S/C29H31Cl2N3O6/c1-4-19(2)32-29(36)26(15-20-9-6-5-7-10-20)33(17-22-23(30)11-8-12-24(22)31)28(35)18-40-21-13-14-25(34(37)38)27(16-21)39-3/h5-14,16,19,26H,4,15,17-18H2,1-3H3,(H,32,36)/t19-,26-/m0/s1. The van der Waals surface area contributed by atoms with E-state index in [0.29, 0.717) is 22.0 Å². The molecule has 40 heavy (non-hydrogen) atoms. The summed E-state index contributed by atoms with van der Waals surface area (Å²) in [6, 6.07) is 17.3. The fourth-order valence-electron chi connectivity index (χ4n) is 3.98. The molecular formula is C29H31Cl2N3O6. The Bertz CT molecular complexity index is 1320. The Morgan fingerprint density at radius 2 is 1.73 bits per heavy atom. The van der Waals surface area contributed by atoms with Gasteiger partial charge in [0, 0.05) is 46.7 Å². The highest BCUT2D eigenvalue weighted by Crippen LogP contribution is 2.31. The maximum atomic E-state index is 13.8. The van der Waals surface area contributed by atoms with E-state index in [1.54, 1.807) is 18.2 Å². The smallest absolute Gasteiger partial charge is 0.311 e. The lowest BCUT2D eigenvalue weighted by Crippen LogP contribution is -2.53. The van der Waals surface area contributed by atoms with Crippen molar-refractivity contribution in [2.45, 2.75) is 45.3 Å². The number of hydrogen-bond acceptors (Lipinski definition) is 6. The van der Waals surface area contributed by atoms with Crippen LogP contribution in [0.2, 0.25) is 10.0 Å². The van der Waals surface area contributed by atoms with E-state index in [1.807, 2.05) is 44.2 Å². The minimum absolute atomic E-state index is 0.00969. The summed E-state index contributed by atoms with van der Waals surface area (Å²) in [7, 11) is 1.30. The maximum Gasteiger partial charge on any atom is 0.311 e. The zero-order valence-electron chi connectivity index (χ0n) is 22.4. The normalized spacial score (nSPS) is 12.2. The molecule has 0 unspecified atom stereocenters. The van der Waals surface area contributed by atoms with Crippen LogP contribution >= 0.6 is 23.2 Å². The second-order valence-corrected chi connectivity index (χ2v) is 9.94. The fourth-order valence-corrected chi connectivity index (χ4v) is 4.49. The van der Waals surface area contributed by atoms with Crippen molar-refractivity contribution < 1.29 is 24.0 Å². The van der Waals surface area contributed by atoms with E-state index in [2.05, 4.69) is 5.32 Å². The summed E-state index contributed by atoms with van der Waals surface area (Å²) in [6.07, 6.45) is 0.946. The minimum Gasteiger partial charge on any atom is -0.490 e. The van der Waals surface area contributed by atoms with Gasteiger partial charge >= 0.3 is 5.69 Å². The Balaban J connectivity index is 1.97. The molecule has 0 aromatic heterocycles. The number of carbonyl (C=O) groups is 2. The third-order valence-electron chi connectivity index (χ3n) is 6.37. The Morgan fingerprint density at radius 1 is 1.05 bits per heavy atom. The summed E-state index contributed by atoms with van der Waals surface area (Å²) < 4.78 is 10.8. The molecule has 3 aromatic rings. The molecule has 0 radical (unpaired) electrons. The molecule has 0 spiro atoms. The second kappa shape index (κ2) is 14.5. The molecule has 0 aliphatic heterocycles. The van der Waals surface area contributed by atoms with Gasteiger partial charge in [0.25, 0.3) is 5.91 Å². The number of nitro groups is 1. The van der Waals surface area contributed by atoms with Crippen LogP contribution in [-0.4, -0.2) is 47.4 Å². The highest BCUT2D eigenvalue weighted by Gasteiger charge is 2.32. The van der Waals surface area contributed by atoms with Gasteiger partial charge in [0.15, 0.2) is 6.61 Å². The summed E-state index contributed by atoms with van der Waals surface area (Å²) in [6.45, 7) is 3.34. The summed E-state index contributed by atoms with van der Waals surface area (Å²) in [5.74, 6) is -0.653. The van der Waals surface area contributed by atoms with Crippen molar-refractivity contribution in [1.29, 1.82) is 0 Å². The molecular weight excluding hydrogens is 557 g/mol. The van der Waals surface area contributed by atoms with E-state index in [4.69, 9.17) is 32.7 Å². The molecule has 9 nitrogen and oxygen atoms in total. The van der Waals surface area contributed by atoms with Gasteiger partial charge in [-0.2, -0.15) is 0 Å². The first-order valence-corrected chi connectivity index (χ1v) is 13.4. The van der Waals surface area contributed by atoms with Crippen LogP contribution in [0.25, 0.3) is 0 Å². The van der Waals surface area contributed by atoms with Gasteiger partial charge in [0.05, 0.1) is 12.0 Å². The molecule has 1 N–H and O–H groups in total. The van der Waals surface area contributed by atoms with Crippen LogP contribution in [0, 0.1) is 10.1 Å². The van der Waals surface area contributed by atoms with Gasteiger partial charge in [-0.1, -0.05) is 66.5 Å². The van der Waals surface area contributed by atoms with E-state index in [1.165, 1.54) is 30.2 Å². The molecule has 0 aliphatic rings. The number of methoxy groups -OCH3 is 1. The lowest BCUT2D eigenvalue weighted by atomic mass is 10.0. The van der Waals surface area contributed by atoms with Crippen LogP contribution in [0.4, 0.5) is 5.69 Å². The highest BCUT2D eigenvalue weighted by molar-refractivity contribution is 6.36. The molecule has 0 heterocycles. The summed E-state index contributed by atoms with van der Waals surface area (Å²) in [5.41, 5.74) is 1.11. The molecule has 0 saturated heterocycles. The zero-order valence-corrected chi connectivity index (χ0v) is 23.9. The van der Waals surface area contributed by atoms with Crippen LogP contribution in [-0.2, 0) is 22.6 Å². The average Bonchev–Trinajstić information content (AvgIpc) is 2.95. The molecule has 212 valence electrons. The topological polar surface area (TPSA) is 111 Å². The predicted molar refractivity (Wildman–Crippen MR) is 154 cm³/mol. The first-order chi connectivity index (χ1) is 19.1. The summed E-state index contributed by atoms with van der Waals surface area (Å²) >= 11 is 12.9. The van der Waals surface area contributed by atoms with E-state index in [-0.39, 0.29) is 42.1 Å². The lowest BCUT2D eigenvalue weighted by molar-refractivity contribution is -0.385. The molecule has 11 heteroatoms. The SMILES string of the molecule is CC[C@H](C)NC(=O)[C@H](Cc1ccccc1)N(Cc1c(Cl)cccc1Cl)C(=O)COc1ccc([N+](=O)[O-])c(OC)c1. The number of nitro benzene ring substituents is 1. The lowest BCUT2D eigenvalue weighted by Gasteiger charge is -2.32. The highest BCUT2D eigenvalue weighted by atomic mass is 35.5. The monoisotopic (exact) mass is 587 g/mol. The van der Waals surface area contributed by atoms with Crippen LogP contribution in [0.3, 0.4) is 0 Å². The summed E-state index contributed by atoms with van der Waals surface area (Å²) in [4.78, 5) is 39.4. The van der Waals surface area contributed by atoms with Gasteiger partial charge in [0.1, 0.15) is 11.8 Å². The number of nitrogens with zero attached hydrogens (tertiary/aromatic N) is 2. The fraction of sp³-hybridized carbons (Fsp3) is 0.310. The Labute approximate surface area is 243 Å². The molecule has 3 rings (SSSR count). The predicted octanol–water partition coefficient (Wildman–Crippen LogP) is 5.84. The van der Waals surface area contributed by atoms with E-state index >= 15 is 0 Å². The number of benzene rings is 3. The van der Waals surface area contributed by atoms with Crippen molar-refractivity contribution in [3.63, 3.8) is 0 Å². The van der Waals surface area contributed by atoms with Gasteiger partial charge < -0.3 is 19.7 Å². The summed E-state index contributed by atoms with van der Waals surface area (Å²) in [5, 5.41) is 14.9. The van der Waals surface area contributed by atoms with Crippen LogP contribution < -0.4 is 14.8 Å². The first-order valence-electron chi connectivity index (χ1n) is 12.7. The average molecular weight is 588 g/mol. The largest absolute Gasteiger partial charge is 0.490 e. The number of ether oxygens (including phenoxy) is 2. The van der Waals surface area contributed by atoms with Gasteiger partial charge in [0.2, 0.25) is 11.7 Å². The Morgan fingerprint density at radius 3 is 2.33 bits per heavy atom. The van der Waals surface area contributed by atoms with Gasteiger partial charge in [-0.15, -0.1) is 0 Å². The number of nitrogens with one attached hydrogen (secondary N) is 1. The number of hydrogen-bond donors (Lipinski definition) is 1. The quantitative estimate of drug-likeness (QED) is 0.198. The van der Waals surface area contributed by atoms with Crippen molar-refractivity contribution in [2.24, 2.45) is 0 Å². The van der Waals surface area contributed by atoms with Crippen molar-refractivity contribution in [1.82, 2.24) is 10.2 Å². The molecule has 0 bridgehead atoms. The van der Waals surface area contributed by atoms with Crippen molar-refractivity contribution in [3.05, 3.63) is 98.0 Å². The third kappa shape index (κ3) is 8.09. The molecule has 2 amide bonds. The molecule has 0 fully saturated rings. The van der Waals surface area contributed by atoms with Gasteiger partial charge in [-0.05, 0) is 37.1 Å². The van der Waals surface area contributed by atoms with E-state index < -0.39 is 23.5 Å². The number of amides is 2. The number of halogens is 2. The van der Waals surface area contributed by atoms with E-state index in [0.717, 1.165) is 5.56 Å². The Kier molecular flexibility index (Phi) is 11.2. The van der Waals surface area contributed by atoms with Crippen molar-refractivity contribution in [2.75, 3.05) is 13.7 Å². The van der Waals surface area contributed by atoms with Crippen LogP contribution in [0.5, 0.6) is 11.5 Å². The minimum atomic E-state index is -0.911. The Hall–Kier alpha value is -3.82. The third-order valence-corrected chi connectivity index (χ3v) is 7.08. The second-order valence-electron chi connectivity index (χ2n) is 9.12. The molecule has 0 saturated carbocycles. The molecule has 2 atom stereocenters. The first kappa shape index (κ1) is 30.7. The van der Waals surface area contributed by atoms with Crippen LogP contribution in [0.1, 0.15) is 31.4 Å². The van der Waals surface area contributed by atoms with Crippen molar-refractivity contribution in [3.8, 4) is 11.5 Å². The van der Waals surface area contributed by atoms with Crippen LogP contribution in [0.15, 0.2) is 66.7 Å². The number of carbonyl (C=O) groups excluding carboxylic acids is 2. The maximum absolute atomic E-state index is 13.8. The molecule has 3 aromatic carbocycles. The van der Waals surface area contributed by atoms with Crippen molar-refractivity contribution >= 4 is 40.7 Å². The van der Waals surface area contributed by atoms with E-state index in [9.17, 15) is 19.7 Å². The zero-order chi connectivity index (χ0) is 29.2. The van der Waals surface area contributed by atoms with Gasteiger partial charge in [-0.3, -0.25) is 19.7 Å². The van der Waals surface area contributed by atoms with Gasteiger partial charge in [-0.25, -0.2) is 0 Å². The number of rotatable bonds is 13.